The molecule has 3 rings (SSSR count). The van der Waals surface area contributed by atoms with E-state index in [1.54, 1.807) is 6.92 Å². The Balaban J connectivity index is 1.43. The molecule has 1 saturated carbocycles. The molecule has 1 aliphatic heterocycles. The van der Waals surface area contributed by atoms with Crippen LogP contribution in [0.3, 0.4) is 0 Å². The first-order chi connectivity index (χ1) is 13.5. The van der Waals surface area contributed by atoms with Gasteiger partial charge in [0.2, 0.25) is 17.7 Å². The van der Waals surface area contributed by atoms with Crippen LogP contribution >= 0.6 is 11.8 Å². The summed E-state index contributed by atoms with van der Waals surface area (Å²) in [5, 5.41) is 3.76. The van der Waals surface area contributed by atoms with Crippen molar-refractivity contribution in [2.24, 2.45) is 11.8 Å². The Hall–Kier alpha value is -1.61. The van der Waals surface area contributed by atoms with Crippen molar-refractivity contribution in [3.05, 3.63) is 11.7 Å². The summed E-state index contributed by atoms with van der Waals surface area (Å²) in [7, 11) is 1.88. The lowest BCUT2D eigenvalue weighted by Gasteiger charge is -2.34. The molecule has 0 unspecified atom stereocenters. The first-order valence-corrected chi connectivity index (χ1v) is 11.1. The Morgan fingerprint density at radius 1 is 1.36 bits per heavy atom. The molecular weight excluding hydrogens is 380 g/mol. The highest BCUT2D eigenvalue weighted by Gasteiger charge is 2.41. The monoisotopic (exact) mass is 410 g/mol. The van der Waals surface area contributed by atoms with Gasteiger partial charge < -0.3 is 19.1 Å². The number of rotatable bonds is 8. The molecule has 0 N–H and O–H groups in total. The summed E-state index contributed by atoms with van der Waals surface area (Å²) in [6, 6.07) is 0.258. The molecule has 8 nitrogen and oxygen atoms in total. The number of likely N-dealkylation sites (N-methyl/N-ethyl adjacent to an activating group) is 1. The van der Waals surface area contributed by atoms with Crippen molar-refractivity contribution >= 4 is 23.6 Å². The maximum Gasteiger partial charge on any atom is 0.248 e. The number of piperidine rings is 1. The normalized spacial score (nSPS) is 24.2. The second kappa shape index (κ2) is 9.73. The molecule has 1 aliphatic carbocycles. The molecule has 2 heterocycles. The number of aromatic nitrogens is 2. The lowest BCUT2D eigenvalue weighted by Crippen LogP contribution is -2.43. The van der Waals surface area contributed by atoms with Crippen LogP contribution in [0.1, 0.15) is 37.9 Å². The van der Waals surface area contributed by atoms with Gasteiger partial charge in [0.15, 0.2) is 5.82 Å². The summed E-state index contributed by atoms with van der Waals surface area (Å²) in [4.78, 5) is 32.8. The predicted octanol–water partition coefficient (Wildman–Crippen LogP) is 1.73. The molecule has 0 spiro atoms. The van der Waals surface area contributed by atoms with Crippen molar-refractivity contribution in [3.63, 3.8) is 0 Å². The number of aryl methyl sites for hydroxylation is 1. The van der Waals surface area contributed by atoms with Crippen LogP contribution in [0.4, 0.5) is 0 Å². The van der Waals surface area contributed by atoms with Crippen molar-refractivity contribution in [1.82, 2.24) is 19.9 Å². The SMILES string of the molecule is CCOCC(=O)N(C)[C@H]1C[C@H]2CCN(C(=O)CSCc3nc(C)no3)C[C@H]2C1. The molecule has 1 aromatic rings. The number of carbonyl (C=O) groups is 2. The van der Waals surface area contributed by atoms with E-state index < -0.39 is 0 Å². The van der Waals surface area contributed by atoms with Gasteiger partial charge in [0.25, 0.3) is 0 Å². The molecule has 9 heteroatoms. The van der Waals surface area contributed by atoms with Gasteiger partial charge in [-0.15, -0.1) is 11.8 Å². The predicted molar refractivity (Wildman–Crippen MR) is 106 cm³/mol. The third kappa shape index (κ3) is 5.26. The molecule has 0 radical (unpaired) electrons. The van der Waals surface area contributed by atoms with E-state index in [0.29, 0.717) is 41.7 Å². The van der Waals surface area contributed by atoms with E-state index in [4.69, 9.17) is 9.26 Å². The summed E-state index contributed by atoms with van der Waals surface area (Å²) in [6.45, 7) is 5.99. The lowest BCUT2D eigenvalue weighted by atomic mass is 9.89. The number of hydrogen-bond acceptors (Lipinski definition) is 7. The number of ether oxygens (including phenoxy) is 1. The van der Waals surface area contributed by atoms with Gasteiger partial charge in [0.1, 0.15) is 6.61 Å². The van der Waals surface area contributed by atoms with Crippen LogP contribution in [0.5, 0.6) is 0 Å². The Labute approximate surface area is 170 Å². The summed E-state index contributed by atoms with van der Waals surface area (Å²) >= 11 is 1.51. The molecule has 1 saturated heterocycles. The van der Waals surface area contributed by atoms with E-state index in [2.05, 4.69) is 10.1 Å². The van der Waals surface area contributed by atoms with E-state index in [1.807, 2.05) is 23.8 Å². The van der Waals surface area contributed by atoms with Crippen LogP contribution in [-0.2, 0) is 20.1 Å². The standard InChI is InChI=1S/C19H30N4O4S/c1-4-26-10-18(24)22(3)16-7-14-5-6-23(9-15(14)8-16)19(25)12-28-11-17-20-13(2)21-27-17/h14-16H,4-12H2,1-3H3/t14-,15-,16+/m1/s1. The van der Waals surface area contributed by atoms with E-state index >= 15 is 0 Å². The summed E-state index contributed by atoms with van der Waals surface area (Å²) in [6.07, 6.45) is 3.03. The number of likely N-dealkylation sites (tertiary alicyclic amines) is 1. The second-order valence-electron chi connectivity index (χ2n) is 7.64. The average Bonchev–Trinajstić information content (AvgIpc) is 3.30. The van der Waals surface area contributed by atoms with Crippen molar-refractivity contribution in [2.45, 2.75) is 44.9 Å². The lowest BCUT2D eigenvalue weighted by molar-refractivity contribution is -0.136. The van der Waals surface area contributed by atoms with Crippen LogP contribution in [0.25, 0.3) is 0 Å². The smallest absolute Gasteiger partial charge is 0.248 e. The molecular formula is C19H30N4O4S. The number of carbonyl (C=O) groups excluding carboxylic acids is 2. The maximum absolute atomic E-state index is 12.6. The zero-order valence-electron chi connectivity index (χ0n) is 16.9. The molecule has 0 aromatic carbocycles. The minimum atomic E-state index is 0.0473. The van der Waals surface area contributed by atoms with Crippen molar-refractivity contribution < 1.29 is 18.8 Å². The number of hydrogen-bond donors (Lipinski definition) is 0. The van der Waals surface area contributed by atoms with Gasteiger partial charge in [-0.05, 0) is 44.9 Å². The summed E-state index contributed by atoms with van der Waals surface area (Å²) < 4.78 is 10.3. The highest BCUT2D eigenvalue weighted by atomic mass is 32.2. The zero-order chi connectivity index (χ0) is 20.1. The van der Waals surface area contributed by atoms with Gasteiger partial charge >= 0.3 is 0 Å². The van der Waals surface area contributed by atoms with Gasteiger partial charge in [-0.1, -0.05) is 5.16 Å². The minimum absolute atomic E-state index is 0.0473. The van der Waals surface area contributed by atoms with E-state index in [1.165, 1.54) is 11.8 Å². The van der Waals surface area contributed by atoms with Crippen LogP contribution in [0.2, 0.25) is 0 Å². The van der Waals surface area contributed by atoms with Gasteiger partial charge in [-0.2, -0.15) is 4.98 Å². The van der Waals surface area contributed by atoms with Crippen LogP contribution in [-0.4, -0.2) is 76.9 Å². The van der Waals surface area contributed by atoms with E-state index in [9.17, 15) is 9.59 Å². The van der Waals surface area contributed by atoms with Gasteiger partial charge in [0.05, 0.1) is 11.5 Å². The van der Waals surface area contributed by atoms with Crippen molar-refractivity contribution in [3.8, 4) is 0 Å². The highest BCUT2D eigenvalue weighted by Crippen LogP contribution is 2.40. The van der Waals surface area contributed by atoms with Crippen molar-refractivity contribution in [1.29, 1.82) is 0 Å². The van der Waals surface area contributed by atoms with Crippen LogP contribution in [0.15, 0.2) is 4.52 Å². The Kier molecular flexibility index (Phi) is 7.34. The third-order valence-corrected chi connectivity index (χ3v) is 6.69. The highest BCUT2D eigenvalue weighted by molar-refractivity contribution is 7.99. The molecule has 1 aromatic heterocycles. The largest absolute Gasteiger partial charge is 0.372 e. The Bertz CT molecular complexity index is 683. The first kappa shape index (κ1) is 21.1. The number of amides is 2. The second-order valence-corrected chi connectivity index (χ2v) is 8.63. The topological polar surface area (TPSA) is 88.8 Å². The third-order valence-electron chi connectivity index (χ3n) is 5.79. The number of nitrogens with zero attached hydrogens (tertiary/aromatic N) is 4. The molecule has 3 atom stereocenters. The molecule has 156 valence electrons. The molecule has 2 amide bonds. The van der Waals surface area contributed by atoms with Crippen LogP contribution in [0, 0.1) is 18.8 Å². The fourth-order valence-electron chi connectivity index (χ4n) is 4.21. The van der Waals surface area contributed by atoms with E-state index in [-0.39, 0.29) is 24.5 Å². The summed E-state index contributed by atoms with van der Waals surface area (Å²) in [5.41, 5.74) is 0. The Morgan fingerprint density at radius 2 is 2.14 bits per heavy atom. The quantitative estimate of drug-likeness (QED) is 0.645. The maximum atomic E-state index is 12.6. The molecule has 0 bridgehead atoms. The van der Waals surface area contributed by atoms with Crippen LogP contribution < -0.4 is 0 Å². The van der Waals surface area contributed by atoms with Gasteiger partial charge in [0, 0.05) is 32.8 Å². The van der Waals surface area contributed by atoms with Gasteiger partial charge in [-0.3, -0.25) is 9.59 Å². The van der Waals surface area contributed by atoms with Gasteiger partial charge in [-0.25, -0.2) is 0 Å². The number of thioether (sulfide) groups is 1. The molecule has 2 fully saturated rings. The molecule has 2 aliphatic rings. The number of fused-ring (bicyclic) bond motifs is 1. The Morgan fingerprint density at radius 3 is 2.86 bits per heavy atom. The molecule has 28 heavy (non-hydrogen) atoms. The fourth-order valence-corrected chi connectivity index (χ4v) is 4.96. The van der Waals surface area contributed by atoms with E-state index in [0.717, 1.165) is 32.4 Å². The minimum Gasteiger partial charge on any atom is -0.372 e. The fraction of sp³-hybridized carbons (Fsp3) is 0.789. The van der Waals surface area contributed by atoms with Crippen molar-refractivity contribution in [2.75, 3.05) is 39.1 Å². The summed E-state index contributed by atoms with van der Waals surface area (Å²) in [5.74, 6) is 3.46. The average molecular weight is 411 g/mol. The zero-order valence-corrected chi connectivity index (χ0v) is 17.7. The first-order valence-electron chi connectivity index (χ1n) is 9.96.